The van der Waals surface area contributed by atoms with E-state index in [-0.39, 0.29) is 42.1 Å². The molecule has 0 amide bonds. The summed E-state index contributed by atoms with van der Waals surface area (Å²) in [6, 6.07) is 9.12. The fourth-order valence-electron chi connectivity index (χ4n) is 0.718. The van der Waals surface area contributed by atoms with Crippen LogP contribution >= 0.6 is 0 Å². The number of benzene rings is 1. The van der Waals surface area contributed by atoms with E-state index in [2.05, 4.69) is 4.74 Å². The van der Waals surface area contributed by atoms with Crippen LogP contribution in [-0.2, 0) is 9.53 Å². The Kier molecular flexibility index (Phi) is 6.68. The fourth-order valence-corrected chi connectivity index (χ4v) is 0.718. The first-order valence-electron chi connectivity index (χ1n) is 3.57. The van der Waals surface area contributed by atoms with Gasteiger partial charge in [-0.2, -0.15) is 0 Å². The molecule has 0 aliphatic heterocycles. The molecule has 3 nitrogen and oxygen atoms in total. The van der Waals surface area contributed by atoms with Crippen molar-refractivity contribution in [3.8, 4) is 5.75 Å². The summed E-state index contributed by atoms with van der Waals surface area (Å²) in [5.41, 5.74) is 0. The van der Waals surface area contributed by atoms with Crippen LogP contribution in [0.3, 0.4) is 0 Å². The zero-order valence-electron chi connectivity index (χ0n) is 6.82. The first-order chi connectivity index (χ1) is 5.83. The maximum atomic E-state index is 10.6. The number of carbonyl (C=O) groups is 1. The van der Waals surface area contributed by atoms with Crippen molar-refractivity contribution >= 4 is 35.5 Å². The summed E-state index contributed by atoms with van der Waals surface area (Å²) in [6.45, 7) is -0.0412. The molecule has 0 aliphatic rings. The molecule has 4 heteroatoms. The van der Waals surface area contributed by atoms with E-state index in [4.69, 9.17) is 4.74 Å². The summed E-state index contributed by atoms with van der Waals surface area (Å²) in [4.78, 5) is 10.6. The average molecular weight is 190 g/mol. The van der Waals surface area contributed by atoms with Crippen LogP contribution in [0, 0.1) is 0 Å². The van der Waals surface area contributed by atoms with Crippen LogP contribution in [0.4, 0.5) is 0 Å². The molecular weight excluding hydrogens is 179 g/mol. The van der Waals surface area contributed by atoms with Crippen LogP contribution in [0.2, 0.25) is 0 Å². The molecule has 0 fully saturated rings. The second-order valence-electron chi connectivity index (χ2n) is 2.18. The third-order valence-corrected chi connectivity index (χ3v) is 1.33. The Morgan fingerprint density at radius 1 is 1.31 bits per heavy atom. The van der Waals surface area contributed by atoms with Gasteiger partial charge in [0.15, 0.2) is 6.61 Å². The standard InChI is InChI=1S/C9H10O3.Na.H/c1-11-9(10)7-12-8-5-3-2-4-6-8;;/h2-6H,7H2,1H3;;. The third-order valence-electron chi connectivity index (χ3n) is 1.33. The number of esters is 1. The van der Waals surface area contributed by atoms with Crippen LogP contribution in [0.25, 0.3) is 0 Å². The number of hydrogen-bond donors (Lipinski definition) is 0. The molecule has 0 spiro atoms. The normalized spacial score (nSPS) is 8.38. The Bertz CT molecular complexity index is 248. The van der Waals surface area contributed by atoms with Gasteiger partial charge in [0.25, 0.3) is 0 Å². The van der Waals surface area contributed by atoms with E-state index < -0.39 is 0 Å². The van der Waals surface area contributed by atoms with E-state index in [9.17, 15) is 4.79 Å². The van der Waals surface area contributed by atoms with Gasteiger partial charge in [-0.05, 0) is 12.1 Å². The molecule has 1 aromatic rings. The molecule has 1 rings (SSSR count). The van der Waals surface area contributed by atoms with Crippen LogP contribution < -0.4 is 4.74 Å². The Morgan fingerprint density at radius 3 is 2.46 bits per heavy atom. The number of para-hydroxylation sites is 1. The maximum absolute atomic E-state index is 10.6. The van der Waals surface area contributed by atoms with Crippen molar-refractivity contribution in [2.24, 2.45) is 0 Å². The van der Waals surface area contributed by atoms with Crippen molar-refractivity contribution in [1.29, 1.82) is 0 Å². The van der Waals surface area contributed by atoms with Crippen LogP contribution in [0.15, 0.2) is 30.3 Å². The predicted molar refractivity (Wildman–Crippen MR) is 51.1 cm³/mol. The number of carbonyl (C=O) groups excluding carboxylic acids is 1. The molecule has 0 unspecified atom stereocenters. The summed E-state index contributed by atoms with van der Waals surface area (Å²) in [5.74, 6) is 0.293. The zero-order valence-corrected chi connectivity index (χ0v) is 6.82. The van der Waals surface area contributed by atoms with Gasteiger partial charge in [-0.15, -0.1) is 0 Å². The van der Waals surface area contributed by atoms with E-state index >= 15 is 0 Å². The Hall–Kier alpha value is -0.510. The minimum atomic E-state index is -0.376. The van der Waals surface area contributed by atoms with Gasteiger partial charge in [0.1, 0.15) is 5.75 Å². The molecule has 0 aliphatic carbocycles. The molecule has 0 N–H and O–H groups in total. The van der Waals surface area contributed by atoms with Gasteiger partial charge in [-0.3, -0.25) is 0 Å². The Morgan fingerprint density at radius 2 is 1.92 bits per heavy atom. The molecule has 0 bridgehead atoms. The topological polar surface area (TPSA) is 35.5 Å². The summed E-state index contributed by atoms with van der Waals surface area (Å²) < 4.78 is 9.49. The van der Waals surface area contributed by atoms with E-state index in [0.717, 1.165) is 0 Å². The van der Waals surface area contributed by atoms with Crippen molar-refractivity contribution in [3.05, 3.63) is 30.3 Å². The summed E-state index contributed by atoms with van der Waals surface area (Å²) in [6.07, 6.45) is 0. The summed E-state index contributed by atoms with van der Waals surface area (Å²) in [5, 5.41) is 0. The van der Waals surface area contributed by atoms with Gasteiger partial charge in [0.05, 0.1) is 7.11 Å². The van der Waals surface area contributed by atoms with Gasteiger partial charge < -0.3 is 9.47 Å². The van der Waals surface area contributed by atoms with Gasteiger partial charge in [-0.1, -0.05) is 18.2 Å². The zero-order chi connectivity index (χ0) is 8.81. The van der Waals surface area contributed by atoms with E-state index in [1.54, 1.807) is 12.1 Å². The predicted octanol–water partition coefficient (Wildman–Crippen LogP) is 0.590. The molecule has 1 aromatic carbocycles. The SMILES string of the molecule is COC(=O)COc1ccccc1.[NaH]. The minimum absolute atomic E-state index is 0. The number of ether oxygens (including phenoxy) is 2. The average Bonchev–Trinajstić information content (AvgIpc) is 2.16. The fraction of sp³-hybridized carbons (Fsp3) is 0.222. The van der Waals surface area contributed by atoms with Crippen molar-refractivity contribution in [1.82, 2.24) is 0 Å². The monoisotopic (exact) mass is 190 g/mol. The van der Waals surface area contributed by atoms with E-state index in [1.807, 2.05) is 18.2 Å². The van der Waals surface area contributed by atoms with Crippen LogP contribution in [-0.4, -0.2) is 49.2 Å². The molecule has 13 heavy (non-hydrogen) atoms. The van der Waals surface area contributed by atoms with Crippen molar-refractivity contribution in [2.45, 2.75) is 0 Å². The van der Waals surface area contributed by atoms with Crippen LogP contribution in [0.1, 0.15) is 0 Å². The quantitative estimate of drug-likeness (QED) is 0.517. The second-order valence-corrected chi connectivity index (χ2v) is 2.18. The molecule has 66 valence electrons. The molecule has 0 saturated heterocycles. The van der Waals surface area contributed by atoms with Crippen molar-refractivity contribution in [3.63, 3.8) is 0 Å². The van der Waals surface area contributed by atoms with Crippen molar-refractivity contribution in [2.75, 3.05) is 13.7 Å². The first kappa shape index (κ1) is 12.5. The number of hydrogen-bond acceptors (Lipinski definition) is 3. The molecule has 0 heterocycles. The number of methoxy groups -OCH3 is 1. The van der Waals surface area contributed by atoms with Gasteiger partial charge >= 0.3 is 35.5 Å². The van der Waals surface area contributed by atoms with Gasteiger partial charge in [0.2, 0.25) is 0 Å². The molecule has 0 aromatic heterocycles. The second kappa shape index (κ2) is 6.95. The number of rotatable bonds is 3. The summed E-state index contributed by atoms with van der Waals surface area (Å²) >= 11 is 0. The van der Waals surface area contributed by atoms with Gasteiger partial charge in [0, 0.05) is 0 Å². The molecule has 0 radical (unpaired) electrons. The molecule has 0 atom stereocenters. The first-order valence-corrected chi connectivity index (χ1v) is 3.57. The molecule has 0 saturated carbocycles. The van der Waals surface area contributed by atoms with E-state index in [1.165, 1.54) is 7.11 Å². The van der Waals surface area contributed by atoms with Crippen molar-refractivity contribution < 1.29 is 14.3 Å². The Labute approximate surface area is 99.3 Å². The summed E-state index contributed by atoms with van der Waals surface area (Å²) in [7, 11) is 1.33. The van der Waals surface area contributed by atoms with Crippen LogP contribution in [0.5, 0.6) is 5.75 Å². The van der Waals surface area contributed by atoms with E-state index in [0.29, 0.717) is 5.75 Å². The third kappa shape index (κ3) is 4.93. The molecular formula is C9H11NaO3. The van der Waals surface area contributed by atoms with Gasteiger partial charge in [-0.25, -0.2) is 4.79 Å². The Balaban J connectivity index is 0.00000144.